The van der Waals surface area contributed by atoms with Crippen LogP contribution in [0.25, 0.3) is 0 Å². The number of ether oxygens (including phenoxy) is 1. The first-order chi connectivity index (χ1) is 10.2. The number of hydrogen-bond acceptors (Lipinski definition) is 3. The van der Waals surface area contributed by atoms with E-state index in [0.717, 1.165) is 38.2 Å². The molecule has 0 radical (unpaired) electrons. The van der Waals surface area contributed by atoms with Crippen molar-refractivity contribution >= 4 is 0 Å². The number of nitrogens with two attached hydrogens (primary N) is 1. The molecular formula is C17H29N3O. The van der Waals surface area contributed by atoms with E-state index in [2.05, 4.69) is 30.8 Å². The first-order valence-corrected chi connectivity index (χ1v) is 8.58. The molecule has 1 aromatic heterocycles. The first kappa shape index (κ1) is 15.0. The van der Waals surface area contributed by atoms with E-state index in [0.29, 0.717) is 18.7 Å². The van der Waals surface area contributed by atoms with Gasteiger partial charge in [-0.3, -0.25) is 4.68 Å². The molecule has 2 heterocycles. The maximum atomic E-state index is 6.18. The molecule has 1 aromatic rings. The molecule has 1 aliphatic carbocycles. The van der Waals surface area contributed by atoms with Gasteiger partial charge < -0.3 is 10.5 Å². The summed E-state index contributed by atoms with van der Waals surface area (Å²) in [5.74, 6) is 0.747. The fraction of sp³-hybridized carbons (Fsp3) is 0.824. The van der Waals surface area contributed by atoms with Gasteiger partial charge in [0.15, 0.2) is 0 Å². The molecule has 2 unspecified atom stereocenters. The summed E-state index contributed by atoms with van der Waals surface area (Å²) in [6.07, 6.45) is 9.45. The molecule has 3 rings (SSSR count). The molecule has 2 N–H and O–H groups in total. The molecule has 0 aromatic carbocycles. The van der Waals surface area contributed by atoms with E-state index in [1.54, 1.807) is 0 Å². The topological polar surface area (TPSA) is 53.1 Å². The maximum Gasteiger partial charge on any atom is 0.0676 e. The Bertz CT molecular complexity index is 464. The van der Waals surface area contributed by atoms with Crippen LogP contribution in [0.4, 0.5) is 0 Å². The normalized spacial score (nSPS) is 29.4. The number of nitrogens with zero attached hydrogens (tertiary/aromatic N) is 2. The van der Waals surface area contributed by atoms with E-state index >= 15 is 0 Å². The maximum absolute atomic E-state index is 6.18. The van der Waals surface area contributed by atoms with E-state index in [-0.39, 0.29) is 5.41 Å². The lowest BCUT2D eigenvalue weighted by molar-refractivity contribution is 0.0340. The van der Waals surface area contributed by atoms with Crippen LogP contribution in [-0.4, -0.2) is 29.0 Å². The average molecular weight is 291 g/mol. The summed E-state index contributed by atoms with van der Waals surface area (Å²) in [6, 6.07) is 2.70. The molecule has 2 fully saturated rings. The lowest BCUT2D eigenvalue weighted by Crippen LogP contribution is -2.41. The van der Waals surface area contributed by atoms with E-state index < -0.39 is 0 Å². The van der Waals surface area contributed by atoms with Crippen LogP contribution in [0.3, 0.4) is 0 Å². The van der Waals surface area contributed by atoms with Gasteiger partial charge in [-0.05, 0) is 44.1 Å². The highest BCUT2D eigenvalue weighted by Gasteiger charge is 2.50. The van der Waals surface area contributed by atoms with Crippen LogP contribution in [0.2, 0.25) is 0 Å². The number of rotatable bonds is 7. The van der Waals surface area contributed by atoms with Crippen LogP contribution < -0.4 is 5.73 Å². The molecule has 0 bridgehead atoms. The molecule has 0 spiro atoms. The Morgan fingerprint density at radius 2 is 2.19 bits per heavy atom. The Labute approximate surface area is 128 Å². The van der Waals surface area contributed by atoms with Gasteiger partial charge in [-0.2, -0.15) is 5.10 Å². The van der Waals surface area contributed by atoms with E-state index in [1.165, 1.54) is 18.5 Å². The Morgan fingerprint density at radius 3 is 2.81 bits per heavy atom. The highest BCUT2D eigenvalue weighted by Crippen LogP contribution is 2.48. The Hall–Kier alpha value is -0.870. The van der Waals surface area contributed by atoms with Crippen molar-refractivity contribution in [2.24, 2.45) is 17.1 Å². The van der Waals surface area contributed by atoms with Gasteiger partial charge in [-0.25, -0.2) is 0 Å². The summed E-state index contributed by atoms with van der Waals surface area (Å²) in [7, 11) is 0. The molecule has 2 aliphatic rings. The standard InChI is InChI=1S/C17H29N3O/c1-3-15(4-2)20-9-7-14(19-20)11-17(12-18)8-10-21-16(17)13-5-6-13/h7,9,13,15-16H,3-6,8,10-12,18H2,1-2H3. The number of hydrogen-bond donors (Lipinski definition) is 1. The predicted octanol–water partition coefficient (Wildman–Crippen LogP) is 2.93. The molecular weight excluding hydrogens is 262 g/mol. The van der Waals surface area contributed by atoms with Gasteiger partial charge in [-0.1, -0.05) is 13.8 Å². The van der Waals surface area contributed by atoms with Gasteiger partial charge >= 0.3 is 0 Å². The zero-order chi connectivity index (χ0) is 14.9. The van der Waals surface area contributed by atoms with Crippen molar-refractivity contribution in [3.8, 4) is 0 Å². The molecule has 2 atom stereocenters. The molecule has 1 saturated carbocycles. The molecule has 118 valence electrons. The van der Waals surface area contributed by atoms with Crippen molar-refractivity contribution in [1.82, 2.24) is 9.78 Å². The van der Waals surface area contributed by atoms with Crippen molar-refractivity contribution in [1.29, 1.82) is 0 Å². The quantitative estimate of drug-likeness (QED) is 0.840. The van der Waals surface area contributed by atoms with Crippen LogP contribution in [0, 0.1) is 11.3 Å². The van der Waals surface area contributed by atoms with Crippen molar-refractivity contribution in [3.05, 3.63) is 18.0 Å². The Morgan fingerprint density at radius 1 is 1.43 bits per heavy atom. The van der Waals surface area contributed by atoms with E-state index in [1.807, 2.05) is 0 Å². The zero-order valence-electron chi connectivity index (χ0n) is 13.4. The van der Waals surface area contributed by atoms with Crippen LogP contribution >= 0.6 is 0 Å². The summed E-state index contributed by atoms with van der Waals surface area (Å²) in [5.41, 5.74) is 7.48. The second-order valence-corrected chi connectivity index (χ2v) is 6.88. The predicted molar refractivity (Wildman–Crippen MR) is 84.1 cm³/mol. The van der Waals surface area contributed by atoms with Gasteiger partial charge in [0.05, 0.1) is 17.8 Å². The van der Waals surface area contributed by atoms with Gasteiger partial charge in [0.2, 0.25) is 0 Å². The fourth-order valence-corrected chi connectivity index (χ4v) is 3.92. The van der Waals surface area contributed by atoms with Gasteiger partial charge in [0.25, 0.3) is 0 Å². The van der Waals surface area contributed by atoms with Crippen molar-refractivity contribution < 1.29 is 4.74 Å². The minimum Gasteiger partial charge on any atom is -0.377 e. The van der Waals surface area contributed by atoms with Crippen molar-refractivity contribution in [2.45, 2.75) is 64.5 Å². The summed E-state index contributed by atoms with van der Waals surface area (Å²) < 4.78 is 8.18. The number of aromatic nitrogens is 2. The Balaban J connectivity index is 1.75. The largest absolute Gasteiger partial charge is 0.377 e. The second kappa shape index (κ2) is 6.09. The lowest BCUT2D eigenvalue weighted by atomic mass is 9.75. The SMILES string of the molecule is CCC(CC)n1ccc(CC2(CN)CCOC2C2CC2)n1. The second-order valence-electron chi connectivity index (χ2n) is 6.88. The smallest absolute Gasteiger partial charge is 0.0676 e. The van der Waals surface area contributed by atoms with E-state index in [4.69, 9.17) is 15.6 Å². The van der Waals surface area contributed by atoms with Crippen molar-refractivity contribution in [2.75, 3.05) is 13.2 Å². The molecule has 1 aliphatic heterocycles. The molecule has 4 nitrogen and oxygen atoms in total. The van der Waals surface area contributed by atoms with Crippen molar-refractivity contribution in [3.63, 3.8) is 0 Å². The van der Waals surface area contributed by atoms with Gasteiger partial charge in [0.1, 0.15) is 0 Å². The Kier molecular flexibility index (Phi) is 4.36. The third-order valence-electron chi connectivity index (χ3n) is 5.47. The molecule has 4 heteroatoms. The molecule has 0 amide bonds. The van der Waals surface area contributed by atoms with Crippen LogP contribution in [0.5, 0.6) is 0 Å². The highest BCUT2D eigenvalue weighted by atomic mass is 16.5. The van der Waals surface area contributed by atoms with Crippen LogP contribution in [0.15, 0.2) is 12.3 Å². The van der Waals surface area contributed by atoms with E-state index in [9.17, 15) is 0 Å². The zero-order valence-corrected chi connectivity index (χ0v) is 13.4. The lowest BCUT2D eigenvalue weighted by Gasteiger charge is -2.32. The summed E-state index contributed by atoms with van der Waals surface area (Å²) in [5, 5.41) is 4.83. The summed E-state index contributed by atoms with van der Waals surface area (Å²) >= 11 is 0. The minimum absolute atomic E-state index is 0.119. The fourth-order valence-electron chi connectivity index (χ4n) is 3.92. The first-order valence-electron chi connectivity index (χ1n) is 8.58. The molecule has 21 heavy (non-hydrogen) atoms. The monoisotopic (exact) mass is 291 g/mol. The third kappa shape index (κ3) is 2.88. The summed E-state index contributed by atoms with van der Waals surface area (Å²) in [6.45, 7) is 6.04. The van der Waals surface area contributed by atoms with Crippen LogP contribution in [-0.2, 0) is 11.2 Å². The van der Waals surface area contributed by atoms with Gasteiger partial charge in [0, 0.05) is 31.2 Å². The summed E-state index contributed by atoms with van der Waals surface area (Å²) in [4.78, 5) is 0. The highest BCUT2D eigenvalue weighted by molar-refractivity contribution is 5.10. The average Bonchev–Trinajstić information content (AvgIpc) is 3.10. The minimum atomic E-state index is 0.119. The van der Waals surface area contributed by atoms with Crippen LogP contribution in [0.1, 0.15) is 57.7 Å². The third-order valence-corrected chi connectivity index (χ3v) is 5.47. The molecule has 1 saturated heterocycles. The van der Waals surface area contributed by atoms with Gasteiger partial charge in [-0.15, -0.1) is 0 Å².